The molecule has 1 unspecified atom stereocenters. The Labute approximate surface area is 174 Å². The third kappa shape index (κ3) is 4.09. The number of aryl methyl sites for hydroxylation is 1. The minimum atomic E-state index is -0.188. The van der Waals surface area contributed by atoms with Gasteiger partial charge in [0.25, 0.3) is 5.91 Å². The maximum atomic E-state index is 12.6. The number of thiophene rings is 2. The van der Waals surface area contributed by atoms with Crippen molar-refractivity contribution in [1.82, 2.24) is 4.90 Å². The molecule has 1 aliphatic rings. The standard InChI is InChI=1S/C22H26N2O2S2/c1-3-17-13-18(22(28-17)23-21(25)19-5-4-11-26-19)20(16-8-12-27-14-16)24-9-6-15(2)7-10-24/h4-5,8,11-15,20H,3,6-7,9-10H2,1-2H3,(H,23,25). The zero-order chi connectivity index (χ0) is 19.5. The van der Waals surface area contributed by atoms with Gasteiger partial charge in [-0.3, -0.25) is 9.69 Å². The zero-order valence-electron chi connectivity index (χ0n) is 16.3. The maximum absolute atomic E-state index is 12.6. The van der Waals surface area contributed by atoms with Gasteiger partial charge in [0.15, 0.2) is 5.76 Å². The number of furan rings is 1. The van der Waals surface area contributed by atoms with E-state index >= 15 is 0 Å². The minimum absolute atomic E-state index is 0.183. The lowest BCUT2D eigenvalue weighted by Crippen LogP contribution is -2.36. The summed E-state index contributed by atoms with van der Waals surface area (Å²) in [6.07, 6.45) is 4.94. The van der Waals surface area contributed by atoms with E-state index in [0.29, 0.717) is 5.76 Å². The molecule has 1 N–H and O–H groups in total. The van der Waals surface area contributed by atoms with Gasteiger partial charge in [0.05, 0.1) is 12.3 Å². The molecule has 1 saturated heterocycles. The second-order valence-corrected chi connectivity index (χ2v) is 9.38. The van der Waals surface area contributed by atoms with Crippen molar-refractivity contribution in [3.63, 3.8) is 0 Å². The first-order valence-electron chi connectivity index (χ1n) is 9.89. The Balaban J connectivity index is 1.69. The first-order chi connectivity index (χ1) is 13.7. The molecule has 28 heavy (non-hydrogen) atoms. The lowest BCUT2D eigenvalue weighted by molar-refractivity contribution is 0.0996. The molecule has 4 nitrogen and oxygen atoms in total. The third-order valence-electron chi connectivity index (χ3n) is 5.47. The van der Waals surface area contributed by atoms with E-state index < -0.39 is 0 Å². The second kappa shape index (κ2) is 8.64. The van der Waals surface area contributed by atoms with E-state index in [1.807, 2.05) is 0 Å². The molecular formula is C22H26N2O2S2. The summed E-state index contributed by atoms with van der Waals surface area (Å²) in [5, 5.41) is 8.44. The molecule has 1 aliphatic heterocycles. The average Bonchev–Trinajstić information content (AvgIpc) is 3.46. The van der Waals surface area contributed by atoms with E-state index in [2.05, 4.69) is 47.0 Å². The lowest BCUT2D eigenvalue weighted by Gasteiger charge is -2.37. The molecule has 0 saturated carbocycles. The van der Waals surface area contributed by atoms with Gasteiger partial charge in [0.1, 0.15) is 5.00 Å². The number of likely N-dealkylation sites (tertiary alicyclic amines) is 1. The highest BCUT2D eigenvalue weighted by molar-refractivity contribution is 7.16. The van der Waals surface area contributed by atoms with Crippen molar-refractivity contribution in [2.45, 2.75) is 39.2 Å². The number of piperidine rings is 1. The van der Waals surface area contributed by atoms with Gasteiger partial charge in [0, 0.05) is 10.4 Å². The van der Waals surface area contributed by atoms with Crippen LogP contribution in [0.1, 0.15) is 59.3 Å². The van der Waals surface area contributed by atoms with Crippen LogP contribution in [-0.2, 0) is 6.42 Å². The Morgan fingerprint density at radius 2 is 2.18 bits per heavy atom. The molecule has 0 bridgehead atoms. The van der Waals surface area contributed by atoms with Gasteiger partial charge < -0.3 is 9.73 Å². The number of nitrogens with zero attached hydrogens (tertiary/aromatic N) is 1. The predicted molar refractivity (Wildman–Crippen MR) is 116 cm³/mol. The first kappa shape index (κ1) is 19.4. The van der Waals surface area contributed by atoms with E-state index in [4.69, 9.17) is 4.42 Å². The number of carbonyl (C=O) groups is 1. The van der Waals surface area contributed by atoms with Gasteiger partial charge in [-0.1, -0.05) is 13.8 Å². The molecule has 6 heteroatoms. The van der Waals surface area contributed by atoms with Gasteiger partial charge in [-0.05, 0) is 78.9 Å². The topological polar surface area (TPSA) is 45.5 Å². The van der Waals surface area contributed by atoms with E-state index in [0.717, 1.165) is 30.4 Å². The largest absolute Gasteiger partial charge is 0.459 e. The second-order valence-electron chi connectivity index (χ2n) is 7.46. The highest BCUT2D eigenvalue weighted by atomic mass is 32.1. The molecule has 4 heterocycles. The summed E-state index contributed by atoms with van der Waals surface area (Å²) in [4.78, 5) is 16.5. The summed E-state index contributed by atoms with van der Waals surface area (Å²) < 4.78 is 5.29. The van der Waals surface area contributed by atoms with Crippen LogP contribution in [0.25, 0.3) is 0 Å². The Morgan fingerprint density at radius 3 is 2.82 bits per heavy atom. The van der Waals surface area contributed by atoms with Crippen LogP contribution in [0, 0.1) is 5.92 Å². The normalized spacial score (nSPS) is 16.9. The van der Waals surface area contributed by atoms with Gasteiger partial charge >= 0.3 is 0 Å². The Morgan fingerprint density at radius 1 is 1.36 bits per heavy atom. The summed E-state index contributed by atoms with van der Waals surface area (Å²) in [5.41, 5.74) is 2.52. The summed E-state index contributed by atoms with van der Waals surface area (Å²) >= 11 is 3.41. The van der Waals surface area contributed by atoms with Crippen LogP contribution in [0.5, 0.6) is 0 Å². The number of carbonyl (C=O) groups excluding carboxylic acids is 1. The van der Waals surface area contributed by atoms with E-state index in [1.54, 1.807) is 34.8 Å². The highest BCUT2D eigenvalue weighted by Crippen LogP contribution is 2.41. The van der Waals surface area contributed by atoms with Gasteiger partial charge in [0.2, 0.25) is 0 Å². The quantitative estimate of drug-likeness (QED) is 0.535. The monoisotopic (exact) mass is 414 g/mol. The zero-order valence-corrected chi connectivity index (χ0v) is 17.9. The van der Waals surface area contributed by atoms with Crippen LogP contribution in [-0.4, -0.2) is 23.9 Å². The molecule has 0 aromatic carbocycles. The highest BCUT2D eigenvalue weighted by Gasteiger charge is 2.30. The SMILES string of the molecule is CCc1cc(C(c2ccsc2)N2CCC(C)CC2)c(NC(=O)c2ccco2)s1. The van der Waals surface area contributed by atoms with Crippen molar-refractivity contribution in [2.75, 3.05) is 18.4 Å². The van der Waals surface area contributed by atoms with Gasteiger partial charge in [-0.25, -0.2) is 0 Å². The minimum Gasteiger partial charge on any atom is -0.459 e. The van der Waals surface area contributed by atoms with Crippen molar-refractivity contribution in [3.8, 4) is 0 Å². The summed E-state index contributed by atoms with van der Waals surface area (Å²) in [7, 11) is 0. The molecule has 0 spiro atoms. The molecular weight excluding hydrogens is 388 g/mol. The molecule has 148 valence electrons. The van der Waals surface area contributed by atoms with Crippen molar-refractivity contribution < 1.29 is 9.21 Å². The van der Waals surface area contributed by atoms with E-state index in [-0.39, 0.29) is 11.9 Å². The Kier molecular flexibility index (Phi) is 5.99. The van der Waals surface area contributed by atoms with Crippen molar-refractivity contribution in [3.05, 3.63) is 63.1 Å². The van der Waals surface area contributed by atoms with Crippen LogP contribution in [0.3, 0.4) is 0 Å². The average molecular weight is 415 g/mol. The van der Waals surface area contributed by atoms with Crippen LogP contribution >= 0.6 is 22.7 Å². The summed E-state index contributed by atoms with van der Waals surface area (Å²) in [5.74, 6) is 0.939. The summed E-state index contributed by atoms with van der Waals surface area (Å²) in [6, 6.07) is 8.12. The van der Waals surface area contributed by atoms with Crippen molar-refractivity contribution >= 4 is 33.6 Å². The number of hydrogen-bond donors (Lipinski definition) is 1. The number of amides is 1. The molecule has 3 aromatic heterocycles. The van der Waals surface area contributed by atoms with Crippen LogP contribution in [0.2, 0.25) is 0 Å². The Hall–Kier alpha value is -1.89. The molecule has 0 radical (unpaired) electrons. The smallest absolute Gasteiger partial charge is 0.291 e. The summed E-state index contributed by atoms with van der Waals surface area (Å²) in [6.45, 7) is 6.68. The molecule has 1 amide bonds. The number of hydrogen-bond acceptors (Lipinski definition) is 5. The molecule has 3 aromatic rings. The number of rotatable bonds is 6. The predicted octanol–water partition coefficient (Wildman–Crippen LogP) is 6.04. The van der Waals surface area contributed by atoms with Crippen LogP contribution < -0.4 is 5.32 Å². The third-order valence-corrected chi connectivity index (χ3v) is 7.38. The van der Waals surface area contributed by atoms with Crippen molar-refractivity contribution in [1.29, 1.82) is 0 Å². The van der Waals surface area contributed by atoms with Crippen molar-refractivity contribution in [2.24, 2.45) is 5.92 Å². The fraction of sp³-hybridized carbons (Fsp3) is 0.409. The lowest BCUT2D eigenvalue weighted by atomic mass is 9.94. The van der Waals surface area contributed by atoms with Gasteiger partial charge in [-0.2, -0.15) is 11.3 Å². The number of nitrogens with one attached hydrogen (secondary N) is 1. The fourth-order valence-corrected chi connectivity index (χ4v) is 5.51. The fourth-order valence-electron chi connectivity index (χ4n) is 3.81. The number of anilines is 1. The van der Waals surface area contributed by atoms with Gasteiger partial charge in [-0.15, -0.1) is 11.3 Å². The van der Waals surface area contributed by atoms with Crippen LogP contribution in [0.15, 0.2) is 45.7 Å². The Bertz CT molecular complexity index is 891. The molecule has 0 aliphatic carbocycles. The molecule has 1 atom stereocenters. The molecule has 4 rings (SSSR count). The molecule has 1 fully saturated rings. The van der Waals surface area contributed by atoms with E-state index in [9.17, 15) is 4.79 Å². The maximum Gasteiger partial charge on any atom is 0.291 e. The van der Waals surface area contributed by atoms with E-state index in [1.165, 1.54) is 35.1 Å². The first-order valence-corrected chi connectivity index (χ1v) is 11.6. The van der Waals surface area contributed by atoms with Crippen LogP contribution in [0.4, 0.5) is 5.00 Å².